The lowest BCUT2D eigenvalue weighted by Crippen LogP contribution is -1.94. The Hall–Kier alpha value is -2.33. The van der Waals surface area contributed by atoms with Crippen molar-refractivity contribution in [3.63, 3.8) is 0 Å². The van der Waals surface area contributed by atoms with Gasteiger partial charge in [0.1, 0.15) is 18.1 Å². The van der Waals surface area contributed by atoms with Gasteiger partial charge in [-0.2, -0.15) is 0 Å². The van der Waals surface area contributed by atoms with E-state index in [4.69, 9.17) is 15.3 Å². The first-order valence-corrected chi connectivity index (χ1v) is 5.46. The Bertz CT molecular complexity index is 567. The second-order valence-corrected chi connectivity index (χ2v) is 3.78. The summed E-state index contributed by atoms with van der Waals surface area (Å²) in [6.45, 7) is -0.153. The number of nitrogens with two attached hydrogens (primary N) is 1. The van der Waals surface area contributed by atoms with E-state index in [0.29, 0.717) is 22.8 Å². The Morgan fingerprint density at radius 2 is 1.94 bits per heavy atom. The van der Waals surface area contributed by atoms with E-state index in [1.165, 1.54) is 6.08 Å². The zero-order chi connectivity index (χ0) is 13.0. The Morgan fingerprint density at radius 1 is 1.22 bits per heavy atom. The van der Waals surface area contributed by atoms with Crippen LogP contribution in [0.4, 0.5) is 5.69 Å². The van der Waals surface area contributed by atoms with Crippen molar-refractivity contribution in [3.05, 3.63) is 59.6 Å². The molecule has 1 aromatic heterocycles. The lowest BCUT2D eigenvalue weighted by molar-refractivity contribution is 0.104. The molecule has 18 heavy (non-hydrogen) atoms. The molecule has 1 aromatic carbocycles. The van der Waals surface area contributed by atoms with E-state index in [9.17, 15) is 4.79 Å². The van der Waals surface area contributed by atoms with Gasteiger partial charge in [0, 0.05) is 11.3 Å². The summed E-state index contributed by atoms with van der Waals surface area (Å²) in [7, 11) is 0. The SMILES string of the molecule is Nc1ccc(C(=O)/C=C/c2ccc(CO)o2)cc1. The Labute approximate surface area is 104 Å². The molecule has 0 spiro atoms. The molecule has 1 heterocycles. The molecule has 0 saturated carbocycles. The molecule has 0 fully saturated rings. The fourth-order valence-corrected chi connectivity index (χ4v) is 1.47. The minimum Gasteiger partial charge on any atom is -0.459 e. The van der Waals surface area contributed by atoms with Gasteiger partial charge < -0.3 is 15.3 Å². The fraction of sp³-hybridized carbons (Fsp3) is 0.0714. The lowest BCUT2D eigenvalue weighted by atomic mass is 10.1. The summed E-state index contributed by atoms with van der Waals surface area (Å²) in [5.41, 5.74) is 6.73. The Balaban J connectivity index is 2.09. The largest absolute Gasteiger partial charge is 0.459 e. The third-order valence-corrected chi connectivity index (χ3v) is 2.43. The molecular formula is C14H13NO3. The monoisotopic (exact) mass is 243 g/mol. The maximum absolute atomic E-state index is 11.8. The third kappa shape index (κ3) is 2.87. The van der Waals surface area contributed by atoms with Crippen LogP contribution in [-0.4, -0.2) is 10.9 Å². The average Bonchev–Trinajstić information content (AvgIpc) is 2.85. The van der Waals surface area contributed by atoms with Gasteiger partial charge in [-0.1, -0.05) is 0 Å². The van der Waals surface area contributed by atoms with E-state index >= 15 is 0 Å². The van der Waals surface area contributed by atoms with Gasteiger partial charge in [-0.3, -0.25) is 4.79 Å². The second kappa shape index (κ2) is 5.33. The molecule has 0 aliphatic rings. The van der Waals surface area contributed by atoms with E-state index in [1.54, 1.807) is 42.5 Å². The van der Waals surface area contributed by atoms with Crippen LogP contribution >= 0.6 is 0 Å². The van der Waals surface area contributed by atoms with Gasteiger partial charge >= 0.3 is 0 Å². The number of rotatable bonds is 4. The number of benzene rings is 1. The predicted octanol–water partition coefficient (Wildman–Crippen LogP) is 2.25. The van der Waals surface area contributed by atoms with Gasteiger partial charge in [0.15, 0.2) is 5.78 Å². The number of nitrogen functional groups attached to an aromatic ring is 1. The molecule has 0 radical (unpaired) electrons. The zero-order valence-corrected chi connectivity index (χ0v) is 9.67. The molecule has 4 nitrogen and oxygen atoms in total. The summed E-state index contributed by atoms with van der Waals surface area (Å²) >= 11 is 0. The first kappa shape index (κ1) is 12.1. The van der Waals surface area contributed by atoms with Gasteiger partial charge in [-0.15, -0.1) is 0 Å². The number of carbonyl (C=O) groups excluding carboxylic acids is 1. The van der Waals surface area contributed by atoms with Crippen molar-refractivity contribution in [1.29, 1.82) is 0 Å². The Kier molecular flexibility index (Phi) is 3.60. The molecule has 0 aliphatic heterocycles. The van der Waals surface area contributed by atoms with E-state index in [2.05, 4.69) is 0 Å². The minimum atomic E-state index is -0.153. The smallest absolute Gasteiger partial charge is 0.185 e. The highest BCUT2D eigenvalue weighted by Crippen LogP contribution is 2.11. The van der Waals surface area contributed by atoms with Crippen LogP contribution in [0.1, 0.15) is 21.9 Å². The van der Waals surface area contributed by atoms with Crippen molar-refractivity contribution in [2.45, 2.75) is 6.61 Å². The number of aliphatic hydroxyl groups excluding tert-OH is 1. The molecule has 0 aliphatic carbocycles. The fourth-order valence-electron chi connectivity index (χ4n) is 1.47. The van der Waals surface area contributed by atoms with Crippen molar-refractivity contribution in [3.8, 4) is 0 Å². The van der Waals surface area contributed by atoms with Crippen molar-refractivity contribution in [2.75, 3.05) is 5.73 Å². The number of hydrogen-bond donors (Lipinski definition) is 2. The number of furan rings is 1. The van der Waals surface area contributed by atoms with E-state index in [0.717, 1.165) is 0 Å². The first-order valence-electron chi connectivity index (χ1n) is 5.46. The van der Waals surface area contributed by atoms with Crippen LogP contribution in [0.2, 0.25) is 0 Å². The highest BCUT2D eigenvalue weighted by atomic mass is 16.4. The number of ketones is 1. The number of carbonyl (C=O) groups is 1. The van der Waals surface area contributed by atoms with Gasteiger partial charge in [0.25, 0.3) is 0 Å². The maximum atomic E-state index is 11.8. The molecule has 0 unspecified atom stereocenters. The molecule has 0 atom stereocenters. The molecule has 2 rings (SSSR count). The summed E-state index contributed by atoms with van der Waals surface area (Å²) in [5, 5.41) is 8.84. The lowest BCUT2D eigenvalue weighted by Gasteiger charge is -1.96. The molecule has 2 aromatic rings. The number of hydrogen-bond acceptors (Lipinski definition) is 4. The van der Waals surface area contributed by atoms with Crippen LogP contribution in [0.25, 0.3) is 6.08 Å². The molecular weight excluding hydrogens is 230 g/mol. The molecule has 3 N–H and O–H groups in total. The number of aliphatic hydroxyl groups is 1. The molecule has 0 saturated heterocycles. The van der Waals surface area contributed by atoms with Crippen molar-refractivity contribution >= 4 is 17.5 Å². The van der Waals surface area contributed by atoms with Gasteiger partial charge in [-0.25, -0.2) is 0 Å². The standard InChI is InChI=1S/C14H13NO3/c15-11-3-1-10(2-4-11)14(17)8-7-12-5-6-13(9-16)18-12/h1-8,16H,9,15H2/b8-7+. The Morgan fingerprint density at radius 3 is 2.56 bits per heavy atom. The van der Waals surface area contributed by atoms with Crippen LogP contribution in [0.3, 0.4) is 0 Å². The summed E-state index contributed by atoms with van der Waals surface area (Å²) < 4.78 is 5.23. The highest BCUT2D eigenvalue weighted by molar-refractivity contribution is 6.06. The highest BCUT2D eigenvalue weighted by Gasteiger charge is 2.02. The predicted molar refractivity (Wildman–Crippen MR) is 68.8 cm³/mol. The van der Waals surface area contributed by atoms with Crippen LogP contribution < -0.4 is 5.73 Å². The summed E-state index contributed by atoms with van der Waals surface area (Å²) in [5.74, 6) is 0.870. The molecule has 0 bridgehead atoms. The number of anilines is 1. The molecule has 0 amide bonds. The number of allylic oxidation sites excluding steroid dienone is 1. The minimum absolute atomic E-state index is 0.128. The van der Waals surface area contributed by atoms with Gasteiger partial charge in [0.05, 0.1) is 0 Å². The van der Waals surface area contributed by atoms with Gasteiger partial charge in [0.2, 0.25) is 0 Å². The summed E-state index contributed by atoms with van der Waals surface area (Å²) in [6.07, 6.45) is 2.99. The van der Waals surface area contributed by atoms with Crippen LogP contribution in [-0.2, 0) is 6.61 Å². The van der Waals surface area contributed by atoms with Crippen LogP contribution in [0.5, 0.6) is 0 Å². The second-order valence-electron chi connectivity index (χ2n) is 3.78. The quantitative estimate of drug-likeness (QED) is 0.490. The topological polar surface area (TPSA) is 76.5 Å². The van der Waals surface area contributed by atoms with E-state index < -0.39 is 0 Å². The maximum Gasteiger partial charge on any atom is 0.185 e. The summed E-state index contributed by atoms with van der Waals surface area (Å²) in [4.78, 5) is 11.8. The van der Waals surface area contributed by atoms with Crippen LogP contribution in [0, 0.1) is 0 Å². The third-order valence-electron chi connectivity index (χ3n) is 2.43. The zero-order valence-electron chi connectivity index (χ0n) is 9.67. The normalized spacial score (nSPS) is 10.9. The first-order chi connectivity index (χ1) is 8.69. The van der Waals surface area contributed by atoms with Gasteiger partial charge in [-0.05, 0) is 48.6 Å². The van der Waals surface area contributed by atoms with E-state index in [-0.39, 0.29) is 12.4 Å². The van der Waals surface area contributed by atoms with Crippen LogP contribution in [0.15, 0.2) is 46.9 Å². The van der Waals surface area contributed by atoms with E-state index in [1.807, 2.05) is 0 Å². The summed E-state index contributed by atoms with van der Waals surface area (Å²) in [6, 6.07) is 10.0. The van der Waals surface area contributed by atoms with Crippen molar-refractivity contribution < 1.29 is 14.3 Å². The van der Waals surface area contributed by atoms with Crippen molar-refractivity contribution in [2.24, 2.45) is 0 Å². The van der Waals surface area contributed by atoms with Crippen molar-refractivity contribution in [1.82, 2.24) is 0 Å². The average molecular weight is 243 g/mol. The molecule has 92 valence electrons. The molecule has 4 heteroatoms.